The molecule has 1 heterocycles. The van der Waals surface area contributed by atoms with Crippen LogP contribution in [0.1, 0.15) is 17.6 Å². The van der Waals surface area contributed by atoms with Crippen LogP contribution < -0.4 is 0 Å². The number of hydrogen-bond acceptors (Lipinski definition) is 1. The summed E-state index contributed by atoms with van der Waals surface area (Å²) in [5, 5.41) is 0. The van der Waals surface area contributed by atoms with E-state index in [-0.39, 0.29) is 10.2 Å². The van der Waals surface area contributed by atoms with E-state index in [1.165, 1.54) is 6.92 Å². The molecule has 1 rings (SSSR count). The van der Waals surface area contributed by atoms with Crippen LogP contribution in [0.4, 0.5) is 13.2 Å². The zero-order valence-electron chi connectivity index (χ0n) is 6.11. The molecule has 0 unspecified atom stereocenters. The van der Waals surface area contributed by atoms with E-state index in [9.17, 15) is 13.2 Å². The van der Waals surface area contributed by atoms with E-state index in [0.717, 1.165) is 6.20 Å². The van der Waals surface area contributed by atoms with Gasteiger partial charge in [-0.05, 0) is 28.4 Å². The summed E-state index contributed by atoms with van der Waals surface area (Å²) in [6, 6.07) is 0. The topological polar surface area (TPSA) is 12.9 Å². The van der Waals surface area contributed by atoms with Crippen LogP contribution in [-0.4, -0.2) is 4.98 Å². The lowest BCUT2D eigenvalue weighted by Crippen LogP contribution is -1.97. The highest BCUT2D eigenvalue weighted by atomic mass is 79.9. The SMILES string of the molecule is Cc1c(Br)ncc(F)c1C(F)F. The van der Waals surface area contributed by atoms with Gasteiger partial charge in [-0.3, -0.25) is 0 Å². The maximum absolute atomic E-state index is 12.7. The molecular weight excluding hydrogens is 235 g/mol. The van der Waals surface area contributed by atoms with E-state index in [0.29, 0.717) is 0 Å². The highest BCUT2D eigenvalue weighted by molar-refractivity contribution is 9.10. The molecule has 0 radical (unpaired) electrons. The van der Waals surface area contributed by atoms with Crippen molar-refractivity contribution in [2.24, 2.45) is 0 Å². The lowest BCUT2D eigenvalue weighted by molar-refractivity contribution is 0.145. The molecule has 1 nitrogen and oxygen atoms in total. The standard InChI is InChI=1S/C7H5BrF3N/c1-3-5(7(10)11)4(9)2-12-6(3)8/h2,7H,1H3. The van der Waals surface area contributed by atoms with Crippen LogP contribution in [-0.2, 0) is 0 Å². The largest absolute Gasteiger partial charge is 0.267 e. The lowest BCUT2D eigenvalue weighted by atomic mass is 10.1. The zero-order valence-corrected chi connectivity index (χ0v) is 7.70. The summed E-state index contributed by atoms with van der Waals surface area (Å²) in [6.45, 7) is 1.39. The first-order valence-electron chi connectivity index (χ1n) is 3.12. The molecule has 0 atom stereocenters. The molecule has 0 aliphatic carbocycles. The molecule has 0 spiro atoms. The second-order valence-corrected chi connectivity index (χ2v) is 2.99. The summed E-state index contributed by atoms with van der Waals surface area (Å²) in [7, 11) is 0. The molecule has 0 aliphatic heterocycles. The van der Waals surface area contributed by atoms with Crippen LogP contribution >= 0.6 is 15.9 Å². The molecule has 0 aliphatic rings. The van der Waals surface area contributed by atoms with Crippen molar-refractivity contribution in [3.05, 3.63) is 27.7 Å². The van der Waals surface area contributed by atoms with E-state index in [4.69, 9.17) is 0 Å². The second kappa shape index (κ2) is 3.43. The van der Waals surface area contributed by atoms with Gasteiger partial charge in [0.25, 0.3) is 6.43 Å². The van der Waals surface area contributed by atoms with Gasteiger partial charge in [0.05, 0.1) is 11.8 Å². The van der Waals surface area contributed by atoms with Crippen molar-refractivity contribution in [2.75, 3.05) is 0 Å². The fraction of sp³-hybridized carbons (Fsp3) is 0.286. The summed E-state index contributed by atoms with van der Waals surface area (Å²) in [4.78, 5) is 3.53. The summed E-state index contributed by atoms with van der Waals surface area (Å²) < 4.78 is 37.3. The minimum absolute atomic E-state index is 0.144. The molecule has 0 fully saturated rings. The van der Waals surface area contributed by atoms with Gasteiger partial charge in [0.1, 0.15) is 4.60 Å². The molecule has 0 saturated carbocycles. The Balaban J connectivity index is 3.33. The van der Waals surface area contributed by atoms with Crippen LogP contribution in [0.3, 0.4) is 0 Å². The van der Waals surface area contributed by atoms with Crippen molar-refractivity contribution in [2.45, 2.75) is 13.3 Å². The Labute approximate surface area is 75.7 Å². The van der Waals surface area contributed by atoms with Crippen molar-refractivity contribution in [3.63, 3.8) is 0 Å². The van der Waals surface area contributed by atoms with Crippen molar-refractivity contribution >= 4 is 15.9 Å². The Morgan fingerprint density at radius 2 is 2.08 bits per heavy atom. The minimum atomic E-state index is -2.80. The van der Waals surface area contributed by atoms with Gasteiger partial charge in [0, 0.05) is 0 Å². The van der Waals surface area contributed by atoms with Crippen LogP contribution in [0.25, 0.3) is 0 Å². The van der Waals surface area contributed by atoms with E-state index < -0.39 is 17.8 Å². The first-order chi connectivity index (χ1) is 5.54. The number of aromatic nitrogens is 1. The molecule has 1 aromatic rings. The first kappa shape index (κ1) is 9.51. The number of nitrogens with zero attached hydrogens (tertiary/aromatic N) is 1. The Kier molecular flexibility index (Phi) is 2.72. The van der Waals surface area contributed by atoms with Crippen molar-refractivity contribution in [3.8, 4) is 0 Å². The molecule has 0 aromatic carbocycles. The van der Waals surface area contributed by atoms with Gasteiger partial charge >= 0.3 is 0 Å². The van der Waals surface area contributed by atoms with Crippen molar-refractivity contribution in [1.82, 2.24) is 4.98 Å². The third kappa shape index (κ3) is 1.60. The van der Waals surface area contributed by atoms with Crippen LogP contribution in [0, 0.1) is 12.7 Å². The molecule has 0 amide bonds. The van der Waals surface area contributed by atoms with Gasteiger partial charge in [-0.1, -0.05) is 0 Å². The average Bonchev–Trinajstić information content (AvgIpc) is 1.97. The predicted octanol–water partition coefficient (Wildman–Crippen LogP) is 3.23. The number of hydrogen-bond donors (Lipinski definition) is 0. The Morgan fingerprint density at radius 1 is 1.50 bits per heavy atom. The molecule has 12 heavy (non-hydrogen) atoms. The third-order valence-corrected chi connectivity index (χ3v) is 2.28. The number of halogens is 4. The lowest BCUT2D eigenvalue weighted by Gasteiger charge is -2.06. The van der Waals surface area contributed by atoms with E-state index in [1.807, 2.05) is 0 Å². The van der Waals surface area contributed by atoms with E-state index in [1.54, 1.807) is 0 Å². The maximum atomic E-state index is 12.7. The normalized spacial score (nSPS) is 10.8. The van der Waals surface area contributed by atoms with E-state index >= 15 is 0 Å². The summed E-state index contributed by atoms with van der Waals surface area (Å²) in [6.07, 6.45) is -2.03. The number of alkyl halides is 2. The van der Waals surface area contributed by atoms with Crippen LogP contribution in [0.2, 0.25) is 0 Å². The Morgan fingerprint density at radius 3 is 2.50 bits per heavy atom. The molecule has 1 aromatic heterocycles. The number of rotatable bonds is 1. The molecular formula is C7H5BrF3N. The monoisotopic (exact) mass is 239 g/mol. The molecule has 0 bridgehead atoms. The van der Waals surface area contributed by atoms with Crippen LogP contribution in [0.15, 0.2) is 10.8 Å². The first-order valence-corrected chi connectivity index (χ1v) is 3.92. The smallest absolute Gasteiger partial charge is 0.246 e. The highest BCUT2D eigenvalue weighted by Crippen LogP contribution is 2.28. The predicted molar refractivity (Wildman–Crippen MR) is 41.6 cm³/mol. The summed E-state index contributed by atoms with van der Waals surface area (Å²) >= 11 is 2.94. The van der Waals surface area contributed by atoms with Gasteiger partial charge in [-0.15, -0.1) is 0 Å². The van der Waals surface area contributed by atoms with Crippen molar-refractivity contribution in [1.29, 1.82) is 0 Å². The van der Waals surface area contributed by atoms with Crippen molar-refractivity contribution < 1.29 is 13.2 Å². The Hall–Kier alpha value is -0.580. The molecule has 0 saturated heterocycles. The molecule has 66 valence electrons. The zero-order chi connectivity index (χ0) is 9.30. The fourth-order valence-electron chi connectivity index (χ4n) is 0.838. The van der Waals surface area contributed by atoms with Gasteiger partial charge in [0.15, 0.2) is 5.82 Å². The Bertz CT molecular complexity index is 301. The van der Waals surface area contributed by atoms with Gasteiger partial charge < -0.3 is 0 Å². The average molecular weight is 240 g/mol. The summed E-state index contributed by atoms with van der Waals surface area (Å²) in [5.41, 5.74) is -0.443. The van der Waals surface area contributed by atoms with Gasteiger partial charge in [-0.2, -0.15) is 0 Å². The van der Waals surface area contributed by atoms with Gasteiger partial charge in [-0.25, -0.2) is 18.2 Å². The summed E-state index contributed by atoms with van der Waals surface area (Å²) in [5.74, 6) is -0.967. The maximum Gasteiger partial charge on any atom is 0.267 e. The minimum Gasteiger partial charge on any atom is -0.246 e. The third-order valence-electron chi connectivity index (χ3n) is 1.48. The van der Waals surface area contributed by atoms with E-state index in [2.05, 4.69) is 20.9 Å². The number of pyridine rings is 1. The second-order valence-electron chi connectivity index (χ2n) is 2.24. The molecule has 5 heteroatoms. The van der Waals surface area contributed by atoms with Crippen LogP contribution in [0.5, 0.6) is 0 Å². The fourth-order valence-corrected chi connectivity index (χ4v) is 1.15. The quantitative estimate of drug-likeness (QED) is 0.686. The van der Waals surface area contributed by atoms with Gasteiger partial charge in [0.2, 0.25) is 0 Å². The molecule has 0 N–H and O–H groups in total. The highest BCUT2D eigenvalue weighted by Gasteiger charge is 2.18.